The number of allylic oxidation sites excluding steroid dienone is 2. The minimum atomic E-state index is 1.01. The first-order chi connectivity index (χ1) is 7.83. The Labute approximate surface area is 95.4 Å². The maximum absolute atomic E-state index is 4.41. The lowest BCUT2D eigenvalue weighted by Gasteiger charge is -2.10. The van der Waals surface area contributed by atoms with E-state index in [-0.39, 0.29) is 0 Å². The SMILES string of the molecule is Cc1cnc2[nH]c(C3=CCCCC3)cc2c1. The molecule has 1 aliphatic carbocycles. The van der Waals surface area contributed by atoms with Crippen LogP contribution in [0.1, 0.15) is 36.9 Å². The summed E-state index contributed by atoms with van der Waals surface area (Å²) in [6, 6.07) is 4.41. The molecule has 0 aliphatic heterocycles. The van der Waals surface area contributed by atoms with Crippen molar-refractivity contribution >= 4 is 16.6 Å². The van der Waals surface area contributed by atoms with Gasteiger partial charge in [0, 0.05) is 17.3 Å². The molecule has 2 aromatic heterocycles. The molecule has 1 N–H and O–H groups in total. The number of hydrogen-bond acceptors (Lipinski definition) is 1. The van der Waals surface area contributed by atoms with Crippen LogP contribution in [0.3, 0.4) is 0 Å². The molecule has 2 heterocycles. The van der Waals surface area contributed by atoms with Gasteiger partial charge in [0.05, 0.1) is 0 Å². The largest absolute Gasteiger partial charge is 0.340 e. The molecule has 16 heavy (non-hydrogen) atoms. The molecule has 0 atom stereocenters. The van der Waals surface area contributed by atoms with E-state index in [1.807, 2.05) is 6.20 Å². The highest BCUT2D eigenvalue weighted by Gasteiger charge is 2.09. The molecule has 0 aromatic carbocycles. The molecule has 0 amide bonds. The van der Waals surface area contributed by atoms with Gasteiger partial charge in [-0.05, 0) is 55.9 Å². The second-order valence-electron chi connectivity index (χ2n) is 4.61. The third-order valence-corrected chi connectivity index (χ3v) is 3.24. The van der Waals surface area contributed by atoms with Crippen molar-refractivity contribution < 1.29 is 0 Å². The Balaban J connectivity index is 2.07. The van der Waals surface area contributed by atoms with Crippen LogP contribution in [-0.4, -0.2) is 9.97 Å². The van der Waals surface area contributed by atoms with Crippen LogP contribution in [0.15, 0.2) is 24.4 Å². The Bertz CT molecular complexity index is 549. The van der Waals surface area contributed by atoms with Gasteiger partial charge in [-0.25, -0.2) is 4.98 Å². The van der Waals surface area contributed by atoms with Crippen molar-refractivity contribution in [2.24, 2.45) is 0 Å². The quantitative estimate of drug-likeness (QED) is 0.764. The summed E-state index contributed by atoms with van der Waals surface area (Å²) in [7, 11) is 0. The fraction of sp³-hybridized carbons (Fsp3) is 0.357. The van der Waals surface area contributed by atoms with E-state index in [9.17, 15) is 0 Å². The van der Waals surface area contributed by atoms with Crippen LogP contribution in [0.2, 0.25) is 0 Å². The van der Waals surface area contributed by atoms with E-state index < -0.39 is 0 Å². The number of aryl methyl sites for hydroxylation is 1. The average Bonchev–Trinajstić information content (AvgIpc) is 2.73. The van der Waals surface area contributed by atoms with Crippen molar-refractivity contribution in [2.75, 3.05) is 0 Å². The number of nitrogens with zero attached hydrogens (tertiary/aromatic N) is 1. The number of H-pyrrole nitrogens is 1. The molecule has 0 fully saturated rings. The average molecular weight is 212 g/mol. The number of aromatic amines is 1. The Morgan fingerprint density at radius 3 is 3.00 bits per heavy atom. The number of rotatable bonds is 1. The lowest BCUT2D eigenvalue weighted by Crippen LogP contribution is -1.91. The lowest BCUT2D eigenvalue weighted by atomic mass is 9.97. The van der Waals surface area contributed by atoms with Gasteiger partial charge < -0.3 is 4.98 Å². The monoisotopic (exact) mass is 212 g/mol. The lowest BCUT2D eigenvalue weighted by molar-refractivity contribution is 0.740. The Kier molecular flexibility index (Phi) is 2.28. The highest BCUT2D eigenvalue weighted by molar-refractivity contribution is 5.82. The molecular weight excluding hydrogens is 196 g/mol. The van der Waals surface area contributed by atoms with Gasteiger partial charge in [0.2, 0.25) is 0 Å². The number of pyridine rings is 1. The first-order valence-electron chi connectivity index (χ1n) is 5.98. The summed E-state index contributed by atoms with van der Waals surface area (Å²) in [5.74, 6) is 0. The molecule has 82 valence electrons. The molecule has 1 aliphatic rings. The summed E-state index contributed by atoms with van der Waals surface area (Å²) in [5, 5.41) is 1.22. The zero-order valence-electron chi connectivity index (χ0n) is 9.59. The third-order valence-electron chi connectivity index (χ3n) is 3.24. The summed E-state index contributed by atoms with van der Waals surface area (Å²) in [5.41, 5.74) is 4.94. The molecule has 0 unspecified atom stereocenters. The standard InChI is InChI=1S/C14H16N2/c1-10-7-12-8-13(16-14(12)15-9-10)11-5-3-2-4-6-11/h5,7-9H,2-4,6H2,1H3,(H,15,16). The van der Waals surface area contributed by atoms with Crippen LogP contribution in [0.4, 0.5) is 0 Å². The van der Waals surface area contributed by atoms with E-state index in [0.717, 1.165) is 5.65 Å². The highest BCUT2D eigenvalue weighted by atomic mass is 14.9. The van der Waals surface area contributed by atoms with Gasteiger partial charge in [-0.3, -0.25) is 0 Å². The molecular formula is C14H16N2. The molecule has 0 radical (unpaired) electrons. The van der Waals surface area contributed by atoms with Crippen molar-refractivity contribution in [1.82, 2.24) is 9.97 Å². The number of fused-ring (bicyclic) bond motifs is 1. The van der Waals surface area contributed by atoms with Gasteiger partial charge in [0.25, 0.3) is 0 Å². The fourth-order valence-corrected chi connectivity index (χ4v) is 2.38. The Morgan fingerprint density at radius 2 is 2.19 bits per heavy atom. The third kappa shape index (κ3) is 1.64. The second-order valence-corrected chi connectivity index (χ2v) is 4.61. The van der Waals surface area contributed by atoms with Gasteiger partial charge >= 0.3 is 0 Å². The van der Waals surface area contributed by atoms with Crippen LogP contribution < -0.4 is 0 Å². The molecule has 0 saturated carbocycles. The van der Waals surface area contributed by atoms with Crippen LogP contribution in [0.25, 0.3) is 16.6 Å². The predicted octanol–water partition coefficient (Wildman–Crippen LogP) is 3.83. The van der Waals surface area contributed by atoms with Gasteiger partial charge in [0.1, 0.15) is 5.65 Å². The van der Waals surface area contributed by atoms with Crippen molar-refractivity contribution in [3.8, 4) is 0 Å². The van der Waals surface area contributed by atoms with Crippen LogP contribution in [0, 0.1) is 6.92 Å². The van der Waals surface area contributed by atoms with Gasteiger partial charge in [-0.2, -0.15) is 0 Å². The van der Waals surface area contributed by atoms with Crippen LogP contribution >= 0.6 is 0 Å². The van der Waals surface area contributed by atoms with E-state index in [0.29, 0.717) is 0 Å². The van der Waals surface area contributed by atoms with Gasteiger partial charge in [-0.1, -0.05) is 6.08 Å². The van der Waals surface area contributed by atoms with E-state index in [1.165, 1.54) is 47.9 Å². The minimum Gasteiger partial charge on any atom is -0.340 e. The van der Waals surface area contributed by atoms with E-state index in [1.54, 1.807) is 0 Å². The van der Waals surface area contributed by atoms with Crippen LogP contribution in [-0.2, 0) is 0 Å². The predicted molar refractivity (Wildman–Crippen MR) is 67.3 cm³/mol. The van der Waals surface area contributed by atoms with Crippen molar-refractivity contribution in [1.29, 1.82) is 0 Å². The van der Waals surface area contributed by atoms with Crippen molar-refractivity contribution in [3.05, 3.63) is 35.7 Å². The van der Waals surface area contributed by atoms with Crippen molar-refractivity contribution in [2.45, 2.75) is 32.6 Å². The maximum atomic E-state index is 4.41. The highest BCUT2D eigenvalue weighted by Crippen LogP contribution is 2.28. The van der Waals surface area contributed by atoms with Gasteiger partial charge in [0.15, 0.2) is 0 Å². The summed E-state index contributed by atoms with van der Waals surface area (Å²) in [6.07, 6.45) is 9.34. The Hall–Kier alpha value is -1.57. The smallest absolute Gasteiger partial charge is 0.137 e. The molecule has 0 bridgehead atoms. The first kappa shape index (κ1) is 9.64. The zero-order chi connectivity index (χ0) is 11.0. The summed E-state index contributed by atoms with van der Waals surface area (Å²) >= 11 is 0. The molecule has 3 rings (SSSR count). The topological polar surface area (TPSA) is 28.7 Å². The number of hydrogen-bond donors (Lipinski definition) is 1. The van der Waals surface area contributed by atoms with E-state index in [2.05, 4.69) is 35.1 Å². The number of nitrogens with one attached hydrogen (secondary N) is 1. The summed E-state index contributed by atoms with van der Waals surface area (Å²) < 4.78 is 0. The number of aromatic nitrogens is 2. The first-order valence-corrected chi connectivity index (χ1v) is 5.98. The summed E-state index contributed by atoms with van der Waals surface area (Å²) in [4.78, 5) is 7.83. The molecule has 0 saturated heterocycles. The maximum Gasteiger partial charge on any atom is 0.137 e. The molecule has 2 heteroatoms. The van der Waals surface area contributed by atoms with E-state index in [4.69, 9.17) is 0 Å². The molecule has 2 aromatic rings. The van der Waals surface area contributed by atoms with Crippen molar-refractivity contribution in [3.63, 3.8) is 0 Å². The minimum absolute atomic E-state index is 1.01. The summed E-state index contributed by atoms with van der Waals surface area (Å²) in [6.45, 7) is 2.08. The molecule has 2 nitrogen and oxygen atoms in total. The molecule has 0 spiro atoms. The van der Waals surface area contributed by atoms with E-state index >= 15 is 0 Å². The fourth-order valence-electron chi connectivity index (χ4n) is 2.38. The Morgan fingerprint density at radius 1 is 1.25 bits per heavy atom. The zero-order valence-corrected chi connectivity index (χ0v) is 9.59. The van der Waals surface area contributed by atoms with Gasteiger partial charge in [-0.15, -0.1) is 0 Å². The van der Waals surface area contributed by atoms with Crippen LogP contribution in [0.5, 0.6) is 0 Å². The normalized spacial score (nSPS) is 16.4. The second kappa shape index (κ2) is 3.78.